The molecule has 0 unspecified atom stereocenters. The average molecular weight is 262 g/mol. The molecule has 0 aromatic heterocycles. The fourth-order valence-corrected chi connectivity index (χ4v) is 1.70. The van der Waals surface area contributed by atoms with Gasteiger partial charge in [-0.2, -0.15) is 5.26 Å². The molecule has 5 heteroatoms. The molecule has 0 aliphatic carbocycles. The summed E-state index contributed by atoms with van der Waals surface area (Å²) < 4.78 is 10.4. The fourth-order valence-electron chi connectivity index (χ4n) is 1.70. The molecule has 1 amide bonds. The SMILES string of the molecule is COc1ccc(OC)c(CN(C)C(=O)CCC#N)c1. The number of hydrogen-bond acceptors (Lipinski definition) is 4. The second kappa shape index (κ2) is 7.27. The Morgan fingerprint density at radius 2 is 2.11 bits per heavy atom. The maximum atomic E-state index is 11.8. The molecule has 0 atom stereocenters. The molecule has 0 aliphatic heterocycles. The summed E-state index contributed by atoms with van der Waals surface area (Å²) in [6.45, 7) is 0.421. The molecular formula is C14H18N2O3. The van der Waals surface area contributed by atoms with Gasteiger partial charge < -0.3 is 14.4 Å². The van der Waals surface area contributed by atoms with Crippen molar-refractivity contribution in [1.82, 2.24) is 4.90 Å². The van der Waals surface area contributed by atoms with Crippen molar-refractivity contribution >= 4 is 5.91 Å². The van der Waals surface area contributed by atoms with Gasteiger partial charge in [-0.05, 0) is 18.2 Å². The summed E-state index contributed by atoms with van der Waals surface area (Å²) in [4.78, 5) is 13.3. The molecule has 1 aromatic rings. The van der Waals surface area contributed by atoms with Gasteiger partial charge in [-0.3, -0.25) is 4.79 Å². The Morgan fingerprint density at radius 1 is 1.37 bits per heavy atom. The van der Waals surface area contributed by atoms with Crippen LogP contribution in [0.25, 0.3) is 0 Å². The van der Waals surface area contributed by atoms with Gasteiger partial charge in [0.15, 0.2) is 0 Å². The normalized spacial score (nSPS) is 9.58. The van der Waals surface area contributed by atoms with Crippen molar-refractivity contribution in [2.24, 2.45) is 0 Å². The van der Waals surface area contributed by atoms with E-state index in [1.165, 1.54) is 0 Å². The van der Waals surface area contributed by atoms with Crippen LogP contribution in [0.2, 0.25) is 0 Å². The molecule has 5 nitrogen and oxygen atoms in total. The Bertz CT molecular complexity index is 480. The first-order valence-corrected chi connectivity index (χ1v) is 5.94. The Labute approximate surface area is 113 Å². The van der Waals surface area contributed by atoms with Crippen LogP contribution < -0.4 is 9.47 Å². The lowest BCUT2D eigenvalue weighted by molar-refractivity contribution is -0.130. The molecule has 102 valence electrons. The molecule has 0 saturated carbocycles. The molecule has 1 aromatic carbocycles. The van der Waals surface area contributed by atoms with Gasteiger partial charge in [-0.1, -0.05) is 0 Å². The molecule has 0 radical (unpaired) electrons. The Morgan fingerprint density at radius 3 is 2.68 bits per heavy atom. The van der Waals surface area contributed by atoms with Crippen molar-refractivity contribution < 1.29 is 14.3 Å². The lowest BCUT2D eigenvalue weighted by Gasteiger charge is -2.19. The predicted molar refractivity (Wildman–Crippen MR) is 70.9 cm³/mol. The van der Waals surface area contributed by atoms with Crippen LogP contribution in [0.5, 0.6) is 11.5 Å². The van der Waals surface area contributed by atoms with E-state index in [9.17, 15) is 4.79 Å². The monoisotopic (exact) mass is 262 g/mol. The highest BCUT2D eigenvalue weighted by molar-refractivity contribution is 5.76. The number of nitrogens with zero attached hydrogens (tertiary/aromatic N) is 2. The van der Waals surface area contributed by atoms with Crippen LogP contribution in [-0.4, -0.2) is 32.1 Å². The van der Waals surface area contributed by atoms with Gasteiger partial charge >= 0.3 is 0 Å². The first-order chi connectivity index (χ1) is 9.12. The van der Waals surface area contributed by atoms with Crippen LogP contribution in [0, 0.1) is 11.3 Å². The van der Waals surface area contributed by atoms with E-state index in [1.807, 2.05) is 18.2 Å². The summed E-state index contributed by atoms with van der Waals surface area (Å²) in [5, 5.41) is 8.48. The maximum Gasteiger partial charge on any atom is 0.223 e. The number of rotatable bonds is 6. The van der Waals surface area contributed by atoms with E-state index in [0.29, 0.717) is 18.0 Å². The van der Waals surface area contributed by atoms with Gasteiger partial charge in [-0.25, -0.2) is 0 Å². The number of nitriles is 1. The minimum absolute atomic E-state index is 0.0635. The molecule has 0 fully saturated rings. The van der Waals surface area contributed by atoms with Crippen LogP contribution in [0.15, 0.2) is 18.2 Å². The minimum Gasteiger partial charge on any atom is -0.497 e. The minimum atomic E-state index is -0.0635. The summed E-state index contributed by atoms with van der Waals surface area (Å²) in [6.07, 6.45) is 0.470. The van der Waals surface area contributed by atoms with Gasteiger partial charge in [0.2, 0.25) is 5.91 Å². The average Bonchev–Trinajstić information content (AvgIpc) is 2.44. The van der Waals surface area contributed by atoms with Gasteiger partial charge in [-0.15, -0.1) is 0 Å². The smallest absolute Gasteiger partial charge is 0.223 e. The molecule has 1 rings (SSSR count). The molecule has 0 aliphatic rings. The molecule has 0 saturated heterocycles. The molecule has 0 N–H and O–H groups in total. The number of hydrogen-bond donors (Lipinski definition) is 0. The van der Waals surface area contributed by atoms with Gasteiger partial charge in [0, 0.05) is 32.0 Å². The maximum absolute atomic E-state index is 11.8. The molecule has 0 heterocycles. The second-order valence-electron chi connectivity index (χ2n) is 4.09. The van der Waals surface area contributed by atoms with Crippen molar-refractivity contribution in [3.8, 4) is 17.6 Å². The largest absolute Gasteiger partial charge is 0.497 e. The van der Waals surface area contributed by atoms with E-state index in [-0.39, 0.29) is 18.7 Å². The summed E-state index contributed by atoms with van der Waals surface area (Å²) in [5.74, 6) is 1.36. The van der Waals surface area contributed by atoms with E-state index in [1.54, 1.807) is 32.2 Å². The summed E-state index contributed by atoms with van der Waals surface area (Å²) in [5.41, 5.74) is 0.870. The topological polar surface area (TPSA) is 62.6 Å². The zero-order chi connectivity index (χ0) is 14.3. The summed E-state index contributed by atoms with van der Waals surface area (Å²) in [7, 11) is 4.88. The zero-order valence-corrected chi connectivity index (χ0v) is 11.5. The lowest BCUT2D eigenvalue weighted by atomic mass is 10.1. The first kappa shape index (κ1) is 14.8. The first-order valence-electron chi connectivity index (χ1n) is 5.94. The molecular weight excluding hydrogens is 244 g/mol. The number of carbonyl (C=O) groups is 1. The quantitative estimate of drug-likeness (QED) is 0.786. The van der Waals surface area contributed by atoms with E-state index >= 15 is 0 Å². The third-order valence-electron chi connectivity index (χ3n) is 2.77. The molecule has 0 bridgehead atoms. The van der Waals surface area contributed by atoms with Crippen LogP contribution in [0.3, 0.4) is 0 Å². The highest BCUT2D eigenvalue weighted by Crippen LogP contribution is 2.25. The third-order valence-corrected chi connectivity index (χ3v) is 2.77. The van der Waals surface area contributed by atoms with Crippen molar-refractivity contribution in [2.45, 2.75) is 19.4 Å². The third kappa shape index (κ3) is 4.18. The fraction of sp³-hybridized carbons (Fsp3) is 0.429. The molecule has 0 spiro atoms. The highest BCUT2D eigenvalue weighted by Gasteiger charge is 2.12. The van der Waals surface area contributed by atoms with E-state index in [2.05, 4.69) is 0 Å². The summed E-state index contributed by atoms with van der Waals surface area (Å²) in [6, 6.07) is 7.42. The number of ether oxygens (including phenoxy) is 2. The number of benzene rings is 1. The lowest BCUT2D eigenvalue weighted by Crippen LogP contribution is -2.26. The van der Waals surface area contributed by atoms with Crippen LogP contribution in [0.4, 0.5) is 0 Å². The van der Waals surface area contributed by atoms with Crippen LogP contribution in [0.1, 0.15) is 18.4 Å². The standard InChI is InChI=1S/C14H18N2O3/c1-16(14(17)5-4-8-15)10-11-9-12(18-2)6-7-13(11)19-3/h6-7,9H,4-5,10H2,1-3H3. The van der Waals surface area contributed by atoms with Crippen LogP contribution in [-0.2, 0) is 11.3 Å². The van der Waals surface area contributed by atoms with Crippen molar-refractivity contribution in [2.75, 3.05) is 21.3 Å². The second-order valence-corrected chi connectivity index (χ2v) is 4.09. The van der Waals surface area contributed by atoms with E-state index in [4.69, 9.17) is 14.7 Å². The number of methoxy groups -OCH3 is 2. The molecule has 19 heavy (non-hydrogen) atoms. The van der Waals surface area contributed by atoms with Gasteiger partial charge in [0.25, 0.3) is 0 Å². The van der Waals surface area contributed by atoms with Crippen molar-refractivity contribution in [1.29, 1.82) is 5.26 Å². The summed E-state index contributed by atoms with van der Waals surface area (Å²) >= 11 is 0. The van der Waals surface area contributed by atoms with E-state index in [0.717, 1.165) is 5.56 Å². The van der Waals surface area contributed by atoms with Crippen molar-refractivity contribution in [3.63, 3.8) is 0 Å². The number of amides is 1. The van der Waals surface area contributed by atoms with E-state index < -0.39 is 0 Å². The van der Waals surface area contributed by atoms with Crippen molar-refractivity contribution in [3.05, 3.63) is 23.8 Å². The Balaban J connectivity index is 2.80. The van der Waals surface area contributed by atoms with Gasteiger partial charge in [0.1, 0.15) is 11.5 Å². The zero-order valence-electron chi connectivity index (χ0n) is 11.5. The highest BCUT2D eigenvalue weighted by atomic mass is 16.5. The van der Waals surface area contributed by atoms with Crippen LogP contribution >= 0.6 is 0 Å². The van der Waals surface area contributed by atoms with Gasteiger partial charge in [0.05, 0.1) is 20.3 Å². The predicted octanol–water partition coefficient (Wildman–Crippen LogP) is 1.97. The number of carbonyl (C=O) groups excluding carboxylic acids is 1. The Kier molecular flexibility index (Phi) is 5.68. The Hall–Kier alpha value is -2.22.